The molecular formula is C22H21F6N3O4. The molecule has 35 heavy (non-hydrogen) atoms. The highest BCUT2D eigenvalue weighted by Crippen LogP contribution is 2.55. The Kier molecular flexibility index (Phi) is 7.02. The minimum atomic E-state index is -4.95. The van der Waals surface area contributed by atoms with Gasteiger partial charge in [0, 0.05) is 34.8 Å². The van der Waals surface area contributed by atoms with Crippen molar-refractivity contribution >= 4 is 17.5 Å². The van der Waals surface area contributed by atoms with Crippen molar-refractivity contribution in [1.82, 2.24) is 4.98 Å². The molecule has 3 N–H and O–H groups in total. The van der Waals surface area contributed by atoms with Crippen molar-refractivity contribution in [2.24, 2.45) is 11.7 Å². The zero-order chi connectivity index (χ0) is 26.3. The lowest BCUT2D eigenvalue weighted by atomic mass is 9.76. The smallest absolute Gasteiger partial charge is 0.417 e. The molecule has 1 aliphatic rings. The molecule has 0 saturated carbocycles. The first-order valence-corrected chi connectivity index (χ1v) is 10.2. The molecule has 0 bridgehead atoms. The number of pyridine rings is 1. The van der Waals surface area contributed by atoms with Crippen LogP contribution in [0.25, 0.3) is 0 Å². The summed E-state index contributed by atoms with van der Waals surface area (Å²) >= 11 is 0. The number of primary amides is 1. The van der Waals surface area contributed by atoms with Gasteiger partial charge in [-0.3, -0.25) is 14.6 Å². The molecule has 2 amide bonds. The normalized spacial score (nSPS) is 24.5. The third-order valence-corrected chi connectivity index (χ3v) is 6.14. The fourth-order valence-electron chi connectivity index (χ4n) is 4.08. The highest BCUT2D eigenvalue weighted by molar-refractivity contribution is 5.97. The van der Waals surface area contributed by atoms with Crippen LogP contribution in [0, 0.1) is 18.7 Å². The summed E-state index contributed by atoms with van der Waals surface area (Å²) in [4.78, 5) is 28.2. The Bertz CT molecular complexity index is 1140. The number of benzene rings is 1. The zero-order valence-corrected chi connectivity index (χ0v) is 18.6. The highest BCUT2D eigenvalue weighted by Gasteiger charge is 2.65. The van der Waals surface area contributed by atoms with Crippen molar-refractivity contribution < 1.29 is 45.4 Å². The average Bonchev–Trinajstić information content (AvgIpc) is 3.04. The fourth-order valence-corrected chi connectivity index (χ4v) is 4.08. The van der Waals surface area contributed by atoms with Gasteiger partial charge >= 0.3 is 12.8 Å². The van der Waals surface area contributed by atoms with E-state index in [9.17, 15) is 35.9 Å². The first-order valence-electron chi connectivity index (χ1n) is 10.2. The van der Waals surface area contributed by atoms with Crippen molar-refractivity contribution in [3.05, 3.63) is 53.1 Å². The Morgan fingerprint density at radius 2 is 1.91 bits per heavy atom. The van der Waals surface area contributed by atoms with E-state index in [-0.39, 0.29) is 22.5 Å². The van der Waals surface area contributed by atoms with E-state index in [1.807, 2.05) is 0 Å². The lowest BCUT2D eigenvalue weighted by Gasteiger charge is -2.32. The number of hydrogen-bond donors (Lipinski definition) is 2. The van der Waals surface area contributed by atoms with Crippen molar-refractivity contribution in [1.29, 1.82) is 0 Å². The van der Waals surface area contributed by atoms with E-state index in [1.165, 1.54) is 6.07 Å². The van der Waals surface area contributed by atoms with Crippen molar-refractivity contribution in [2.45, 2.75) is 51.2 Å². The second-order valence-corrected chi connectivity index (χ2v) is 8.21. The SMILES string of the molecule is Cc1c(F)ccc([C@@H]2[C@@H](C(=O)Nc3ccnc(C(N)=O)c3)O[C@@](C)(C(F)(F)F)[C@@H]2C)c1OC(F)F. The molecule has 0 spiro atoms. The molecule has 1 fully saturated rings. The van der Waals surface area contributed by atoms with Gasteiger partial charge in [0.2, 0.25) is 0 Å². The summed E-state index contributed by atoms with van der Waals surface area (Å²) in [5.41, 5.74) is 1.43. The standard InChI is InChI=1S/C22H21F6N3O4/c1-9-13(23)5-4-12(16(9)34-20(24)25)15-10(2)21(3,22(26,27)28)35-17(15)19(33)31-11-6-7-30-14(8-11)18(29)32/h4-8,10,15,17,20H,1-3H3,(H2,29,32)(H,30,31,33)/t10-,15-,17+,21-/m1/s1. The monoisotopic (exact) mass is 505 g/mol. The van der Waals surface area contributed by atoms with Crippen LogP contribution in [-0.4, -0.2) is 41.3 Å². The number of carbonyl (C=O) groups excluding carboxylic acids is 2. The minimum Gasteiger partial charge on any atom is -0.434 e. The first-order chi connectivity index (χ1) is 16.2. The number of nitrogens with one attached hydrogen (secondary N) is 1. The fraction of sp³-hybridized carbons (Fsp3) is 0.409. The molecule has 1 aromatic carbocycles. The maximum Gasteiger partial charge on any atom is 0.417 e. The molecule has 3 rings (SSSR count). The van der Waals surface area contributed by atoms with Gasteiger partial charge in [0.05, 0.1) is 0 Å². The van der Waals surface area contributed by atoms with Crippen LogP contribution in [0.4, 0.5) is 32.0 Å². The largest absolute Gasteiger partial charge is 0.434 e. The van der Waals surface area contributed by atoms with E-state index < -0.39 is 59.7 Å². The quantitative estimate of drug-likeness (QED) is 0.570. The molecule has 1 aromatic heterocycles. The van der Waals surface area contributed by atoms with Crippen LogP contribution < -0.4 is 15.8 Å². The van der Waals surface area contributed by atoms with Gasteiger partial charge in [0.15, 0.2) is 5.60 Å². The van der Waals surface area contributed by atoms with Crippen LogP contribution in [0.5, 0.6) is 5.75 Å². The van der Waals surface area contributed by atoms with E-state index in [2.05, 4.69) is 15.0 Å². The minimum absolute atomic E-state index is 0.0197. The Balaban J connectivity index is 2.10. The summed E-state index contributed by atoms with van der Waals surface area (Å²) in [7, 11) is 0. The molecule has 1 aliphatic heterocycles. The summed E-state index contributed by atoms with van der Waals surface area (Å²) in [6, 6.07) is 4.23. The number of nitrogens with two attached hydrogens (primary N) is 1. The summed E-state index contributed by atoms with van der Waals surface area (Å²) in [5.74, 6) is -6.53. The maximum absolute atomic E-state index is 14.1. The third-order valence-electron chi connectivity index (χ3n) is 6.14. The van der Waals surface area contributed by atoms with E-state index >= 15 is 0 Å². The Labute approximate surface area is 195 Å². The van der Waals surface area contributed by atoms with Gasteiger partial charge in [-0.2, -0.15) is 22.0 Å². The number of nitrogens with zero attached hydrogens (tertiary/aromatic N) is 1. The summed E-state index contributed by atoms with van der Waals surface area (Å²) in [6.45, 7) is -0.401. The van der Waals surface area contributed by atoms with Crippen molar-refractivity contribution in [2.75, 3.05) is 5.32 Å². The lowest BCUT2D eigenvalue weighted by molar-refractivity contribution is -0.272. The molecule has 13 heteroatoms. The zero-order valence-electron chi connectivity index (χ0n) is 18.6. The van der Waals surface area contributed by atoms with Crippen LogP contribution in [0.2, 0.25) is 0 Å². The molecule has 2 heterocycles. The molecule has 0 aliphatic carbocycles. The molecule has 2 aromatic rings. The number of alkyl halides is 5. The summed E-state index contributed by atoms with van der Waals surface area (Å²) < 4.78 is 92.1. The number of carbonyl (C=O) groups is 2. The molecule has 0 unspecified atom stereocenters. The number of anilines is 1. The van der Waals surface area contributed by atoms with E-state index in [0.717, 1.165) is 45.2 Å². The summed E-state index contributed by atoms with van der Waals surface area (Å²) in [5, 5.41) is 2.33. The third kappa shape index (κ3) is 4.90. The number of aromatic nitrogens is 1. The van der Waals surface area contributed by atoms with Crippen LogP contribution in [0.15, 0.2) is 30.5 Å². The molecule has 1 saturated heterocycles. The number of rotatable bonds is 6. The van der Waals surface area contributed by atoms with E-state index in [4.69, 9.17) is 10.5 Å². The number of ether oxygens (including phenoxy) is 2. The molecule has 0 radical (unpaired) electrons. The number of amides is 2. The van der Waals surface area contributed by atoms with Gasteiger partial charge in [0.1, 0.15) is 23.4 Å². The van der Waals surface area contributed by atoms with Gasteiger partial charge in [-0.1, -0.05) is 13.0 Å². The molecule has 4 atom stereocenters. The van der Waals surface area contributed by atoms with E-state index in [1.54, 1.807) is 0 Å². The predicted octanol–water partition coefficient (Wildman–Crippen LogP) is 4.31. The number of halogens is 6. The second-order valence-electron chi connectivity index (χ2n) is 8.21. The molecular weight excluding hydrogens is 484 g/mol. The van der Waals surface area contributed by atoms with Gasteiger partial charge < -0.3 is 20.5 Å². The topological polar surface area (TPSA) is 104 Å². The molecule has 7 nitrogen and oxygen atoms in total. The second kappa shape index (κ2) is 9.36. The maximum atomic E-state index is 14.1. The molecule has 190 valence electrons. The highest BCUT2D eigenvalue weighted by atomic mass is 19.4. The van der Waals surface area contributed by atoms with Crippen LogP contribution in [-0.2, 0) is 9.53 Å². The van der Waals surface area contributed by atoms with E-state index in [0.29, 0.717) is 0 Å². The Morgan fingerprint density at radius 3 is 2.49 bits per heavy atom. The summed E-state index contributed by atoms with van der Waals surface area (Å²) in [6.07, 6.45) is -5.66. The average molecular weight is 505 g/mol. The Morgan fingerprint density at radius 1 is 1.26 bits per heavy atom. The van der Waals surface area contributed by atoms with Gasteiger partial charge in [-0.25, -0.2) is 4.39 Å². The Hall–Kier alpha value is -3.35. The van der Waals surface area contributed by atoms with Crippen LogP contribution >= 0.6 is 0 Å². The van der Waals surface area contributed by atoms with Gasteiger partial charge in [-0.05, 0) is 32.0 Å². The van der Waals surface area contributed by atoms with Crippen molar-refractivity contribution in [3.63, 3.8) is 0 Å². The van der Waals surface area contributed by atoms with Crippen LogP contribution in [0.3, 0.4) is 0 Å². The van der Waals surface area contributed by atoms with Gasteiger partial charge in [-0.15, -0.1) is 0 Å². The first kappa shape index (κ1) is 26.3. The van der Waals surface area contributed by atoms with Crippen LogP contribution in [0.1, 0.15) is 41.4 Å². The predicted molar refractivity (Wildman–Crippen MR) is 110 cm³/mol. The van der Waals surface area contributed by atoms with Gasteiger partial charge in [0.25, 0.3) is 11.8 Å². The number of hydrogen-bond acceptors (Lipinski definition) is 5. The van der Waals surface area contributed by atoms with Crippen molar-refractivity contribution in [3.8, 4) is 5.75 Å². The lowest BCUT2D eigenvalue weighted by Crippen LogP contribution is -2.47.